The molecule has 0 bridgehead atoms. The fourth-order valence-electron chi connectivity index (χ4n) is 1.98. The summed E-state index contributed by atoms with van der Waals surface area (Å²) in [7, 11) is 0. The standard InChI is InChI=1S/C12H13N5O2/c13-6-5-11-15-16-12(19-11)17-7-10(18)14-8-3-1-2-4-9(8)17/h1-4H,5-7,13H2,(H,14,18). The van der Waals surface area contributed by atoms with Gasteiger partial charge in [0.25, 0.3) is 0 Å². The van der Waals surface area contributed by atoms with E-state index < -0.39 is 0 Å². The van der Waals surface area contributed by atoms with Crippen molar-refractivity contribution in [2.45, 2.75) is 6.42 Å². The number of nitrogens with two attached hydrogens (primary N) is 1. The zero-order chi connectivity index (χ0) is 13.2. The highest BCUT2D eigenvalue weighted by Crippen LogP contribution is 2.33. The molecule has 0 saturated carbocycles. The summed E-state index contributed by atoms with van der Waals surface area (Å²) in [6.07, 6.45) is 0.523. The van der Waals surface area contributed by atoms with Gasteiger partial charge in [-0.1, -0.05) is 17.2 Å². The maximum Gasteiger partial charge on any atom is 0.323 e. The van der Waals surface area contributed by atoms with Crippen molar-refractivity contribution in [3.05, 3.63) is 30.2 Å². The molecule has 1 aromatic carbocycles. The van der Waals surface area contributed by atoms with Crippen LogP contribution in [-0.4, -0.2) is 29.2 Å². The molecule has 0 spiro atoms. The first-order chi connectivity index (χ1) is 9.28. The molecule has 19 heavy (non-hydrogen) atoms. The van der Waals surface area contributed by atoms with Crippen molar-refractivity contribution < 1.29 is 9.21 Å². The average Bonchev–Trinajstić information content (AvgIpc) is 2.86. The molecule has 1 aromatic heterocycles. The Kier molecular flexibility index (Phi) is 2.88. The number of nitrogens with zero attached hydrogens (tertiary/aromatic N) is 3. The number of rotatable bonds is 3. The molecule has 7 nitrogen and oxygen atoms in total. The normalized spacial score (nSPS) is 14.2. The molecule has 1 aliphatic rings. The van der Waals surface area contributed by atoms with Crippen LogP contribution < -0.4 is 16.0 Å². The van der Waals surface area contributed by atoms with Crippen LogP contribution in [0.4, 0.5) is 17.4 Å². The van der Waals surface area contributed by atoms with E-state index in [1.807, 2.05) is 24.3 Å². The maximum absolute atomic E-state index is 11.7. The first-order valence-electron chi connectivity index (χ1n) is 5.97. The lowest BCUT2D eigenvalue weighted by Crippen LogP contribution is -2.35. The Morgan fingerprint density at radius 2 is 2.21 bits per heavy atom. The summed E-state index contributed by atoms with van der Waals surface area (Å²) in [5.41, 5.74) is 7.01. The fourth-order valence-corrected chi connectivity index (χ4v) is 1.98. The zero-order valence-corrected chi connectivity index (χ0v) is 10.2. The van der Waals surface area contributed by atoms with Crippen molar-refractivity contribution in [3.63, 3.8) is 0 Å². The van der Waals surface area contributed by atoms with E-state index in [2.05, 4.69) is 15.5 Å². The third kappa shape index (κ3) is 2.15. The van der Waals surface area contributed by atoms with E-state index in [9.17, 15) is 4.79 Å². The second-order valence-electron chi connectivity index (χ2n) is 4.17. The third-order valence-corrected chi connectivity index (χ3v) is 2.82. The van der Waals surface area contributed by atoms with Gasteiger partial charge in [0.1, 0.15) is 6.54 Å². The summed E-state index contributed by atoms with van der Waals surface area (Å²) in [5, 5.41) is 10.7. The Morgan fingerprint density at radius 3 is 3.05 bits per heavy atom. The molecule has 3 N–H and O–H groups in total. The minimum atomic E-state index is -0.114. The number of hydrogen-bond donors (Lipinski definition) is 2. The molecular weight excluding hydrogens is 246 g/mol. The lowest BCUT2D eigenvalue weighted by Gasteiger charge is -2.27. The molecular formula is C12H13N5O2. The summed E-state index contributed by atoms with van der Waals surface area (Å²) in [6, 6.07) is 7.78. The predicted octanol–water partition coefficient (Wildman–Crippen LogP) is 0.661. The van der Waals surface area contributed by atoms with Crippen molar-refractivity contribution in [2.24, 2.45) is 5.73 Å². The highest BCUT2D eigenvalue weighted by Gasteiger charge is 2.26. The largest absolute Gasteiger partial charge is 0.408 e. The highest BCUT2D eigenvalue weighted by atomic mass is 16.4. The number of fused-ring (bicyclic) bond motifs is 1. The van der Waals surface area contributed by atoms with Crippen molar-refractivity contribution in [1.82, 2.24) is 10.2 Å². The van der Waals surface area contributed by atoms with Crippen molar-refractivity contribution in [1.29, 1.82) is 0 Å². The monoisotopic (exact) mass is 259 g/mol. The lowest BCUT2D eigenvalue weighted by molar-refractivity contribution is -0.115. The smallest absolute Gasteiger partial charge is 0.323 e. The summed E-state index contributed by atoms with van der Waals surface area (Å²) in [6.45, 7) is 0.597. The zero-order valence-electron chi connectivity index (χ0n) is 10.2. The molecule has 0 radical (unpaired) electrons. The van der Waals surface area contributed by atoms with Gasteiger partial charge in [0.2, 0.25) is 11.8 Å². The van der Waals surface area contributed by atoms with Crippen LogP contribution in [0.1, 0.15) is 5.89 Å². The van der Waals surface area contributed by atoms with Crippen molar-refractivity contribution in [3.8, 4) is 0 Å². The quantitative estimate of drug-likeness (QED) is 0.840. The van der Waals surface area contributed by atoms with Crippen LogP contribution in [0.25, 0.3) is 0 Å². The van der Waals surface area contributed by atoms with Crippen LogP contribution in [0.5, 0.6) is 0 Å². The molecule has 1 aliphatic heterocycles. The highest BCUT2D eigenvalue weighted by molar-refractivity contribution is 6.02. The van der Waals surface area contributed by atoms with Crippen LogP contribution in [0, 0.1) is 0 Å². The average molecular weight is 259 g/mol. The van der Waals surface area contributed by atoms with Crippen LogP contribution in [0.3, 0.4) is 0 Å². The first-order valence-corrected chi connectivity index (χ1v) is 5.97. The van der Waals surface area contributed by atoms with Crippen molar-refractivity contribution in [2.75, 3.05) is 23.3 Å². The lowest BCUT2D eigenvalue weighted by atomic mass is 10.2. The minimum absolute atomic E-state index is 0.114. The van der Waals surface area contributed by atoms with Gasteiger partial charge in [-0.3, -0.25) is 9.69 Å². The number of hydrogen-bond acceptors (Lipinski definition) is 6. The first kappa shape index (κ1) is 11.7. The number of aromatic nitrogens is 2. The SMILES string of the molecule is NCCc1nnc(N2CC(=O)Nc3ccccc32)o1. The molecule has 0 saturated heterocycles. The number of benzene rings is 1. The summed E-state index contributed by atoms with van der Waals surface area (Å²) in [4.78, 5) is 13.4. The van der Waals surface area contributed by atoms with E-state index >= 15 is 0 Å². The summed E-state index contributed by atoms with van der Waals surface area (Å²) < 4.78 is 5.51. The van der Waals surface area contributed by atoms with Gasteiger partial charge in [0.15, 0.2) is 0 Å². The molecule has 0 unspecified atom stereocenters. The fraction of sp³-hybridized carbons (Fsp3) is 0.250. The molecule has 0 atom stereocenters. The molecule has 1 amide bonds. The number of carbonyl (C=O) groups excluding carboxylic acids is 1. The topological polar surface area (TPSA) is 97.3 Å². The van der Waals surface area contributed by atoms with E-state index in [1.54, 1.807) is 4.90 Å². The van der Waals surface area contributed by atoms with Gasteiger partial charge >= 0.3 is 6.01 Å². The maximum atomic E-state index is 11.7. The minimum Gasteiger partial charge on any atom is -0.408 e. The number of amides is 1. The number of nitrogens with one attached hydrogen (secondary N) is 1. The summed E-state index contributed by atoms with van der Waals surface area (Å²) in [5.74, 6) is 0.359. The Morgan fingerprint density at radius 1 is 1.37 bits per heavy atom. The molecule has 0 fully saturated rings. The van der Waals surface area contributed by atoms with Gasteiger partial charge in [-0.15, -0.1) is 5.10 Å². The van der Waals surface area contributed by atoms with Crippen LogP contribution in [0.2, 0.25) is 0 Å². The second-order valence-corrected chi connectivity index (χ2v) is 4.17. The van der Waals surface area contributed by atoms with E-state index in [-0.39, 0.29) is 12.5 Å². The number of carbonyl (C=O) groups is 1. The van der Waals surface area contributed by atoms with Gasteiger partial charge in [0, 0.05) is 13.0 Å². The molecule has 98 valence electrons. The van der Waals surface area contributed by atoms with Gasteiger partial charge in [-0.25, -0.2) is 0 Å². The molecule has 3 rings (SSSR count). The number of para-hydroxylation sites is 2. The van der Waals surface area contributed by atoms with Gasteiger partial charge < -0.3 is 15.5 Å². The molecule has 2 aromatic rings. The molecule has 7 heteroatoms. The van der Waals surface area contributed by atoms with Crippen LogP contribution in [0.15, 0.2) is 28.7 Å². The predicted molar refractivity (Wildman–Crippen MR) is 69.1 cm³/mol. The Hall–Kier alpha value is -2.41. The van der Waals surface area contributed by atoms with Gasteiger partial charge in [-0.05, 0) is 12.1 Å². The molecule has 2 heterocycles. The second kappa shape index (κ2) is 4.69. The third-order valence-electron chi connectivity index (χ3n) is 2.82. The Balaban J connectivity index is 1.97. The van der Waals surface area contributed by atoms with E-state index in [1.165, 1.54) is 0 Å². The van der Waals surface area contributed by atoms with Gasteiger partial charge in [0.05, 0.1) is 11.4 Å². The van der Waals surface area contributed by atoms with E-state index in [0.29, 0.717) is 24.9 Å². The summed E-state index contributed by atoms with van der Waals surface area (Å²) >= 11 is 0. The van der Waals surface area contributed by atoms with E-state index in [4.69, 9.17) is 10.2 Å². The number of anilines is 3. The Bertz CT molecular complexity index is 610. The van der Waals surface area contributed by atoms with E-state index in [0.717, 1.165) is 11.4 Å². The van der Waals surface area contributed by atoms with Gasteiger partial charge in [-0.2, -0.15) is 0 Å². The Labute approximate surface area is 109 Å². The van der Waals surface area contributed by atoms with Crippen LogP contribution in [-0.2, 0) is 11.2 Å². The van der Waals surface area contributed by atoms with Crippen LogP contribution >= 0.6 is 0 Å². The van der Waals surface area contributed by atoms with Crippen molar-refractivity contribution >= 4 is 23.3 Å². The molecule has 0 aliphatic carbocycles.